The summed E-state index contributed by atoms with van der Waals surface area (Å²) in [6.45, 7) is 7.23. The van der Waals surface area contributed by atoms with Crippen molar-refractivity contribution in [2.75, 3.05) is 31.2 Å². The van der Waals surface area contributed by atoms with Crippen LogP contribution in [-0.4, -0.2) is 36.4 Å². The molecule has 0 bridgehead atoms. The number of aryl methyl sites for hydroxylation is 1. The van der Waals surface area contributed by atoms with Crippen molar-refractivity contribution in [2.24, 2.45) is 0 Å². The maximum atomic E-state index is 9.60. The van der Waals surface area contributed by atoms with Crippen LogP contribution in [0.3, 0.4) is 0 Å². The summed E-state index contributed by atoms with van der Waals surface area (Å²) in [6, 6.07) is 0. The fraction of sp³-hybridized carbons (Fsp3) is 0.727. The van der Waals surface area contributed by atoms with Gasteiger partial charge in [-0.05, 0) is 20.3 Å². The van der Waals surface area contributed by atoms with E-state index >= 15 is 0 Å². The van der Waals surface area contributed by atoms with E-state index in [-0.39, 0.29) is 0 Å². The Bertz CT molecular complexity index is 344. The fourth-order valence-corrected chi connectivity index (χ4v) is 2.91. The fourth-order valence-electron chi connectivity index (χ4n) is 1.85. The van der Waals surface area contributed by atoms with Crippen LogP contribution in [0.4, 0.5) is 5.13 Å². The van der Waals surface area contributed by atoms with Gasteiger partial charge < -0.3 is 14.7 Å². The van der Waals surface area contributed by atoms with Gasteiger partial charge in [-0.2, -0.15) is 0 Å². The molecule has 0 radical (unpaired) electrons. The van der Waals surface area contributed by atoms with Crippen LogP contribution in [-0.2, 0) is 4.74 Å². The molecule has 0 aliphatic carbocycles. The minimum atomic E-state index is -0.422. The second-order valence-electron chi connectivity index (χ2n) is 4.08. The van der Waals surface area contributed by atoms with Gasteiger partial charge in [0, 0.05) is 19.7 Å². The summed E-state index contributed by atoms with van der Waals surface area (Å²) in [7, 11) is 0. The predicted molar refractivity (Wildman–Crippen MR) is 65.1 cm³/mol. The molecule has 1 saturated heterocycles. The van der Waals surface area contributed by atoms with Crippen LogP contribution < -0.4 is 4.90 Å². The molecule has 4 nitrogen and oxygen atoms in total. The van der Waals surface area contributed by atoms with Gasteiger partial charge >= 0.3 is 0 Å². The van der Waals surface area contributed by atoms with Crippen molar-refractivity contribution in [2.45, 2.75) is 26.4 Å². The maximum absolute atomic E-state index is 9.60. The molecule has 0 aromatic carbocycles. The highest BCUT2D eigenvalue weighted by Crippen LogP contribution is 2.30. The topological polar surface area (TPSA) is 45.6 Å². The number of aromatic nitrogens is 1. The van der Waals surface area contributed by atoms with E-state index in [2.05, 4.69) is 9.88 Å². The molecule has 2 rings (SSSR count). The highest BCUT2D eigenvalue weighted by atomic mass is 32.1. The van der Waals surface area contributed by atoms with Crippen LogP contribution >= 0.6 is 11.3 Å². The molecular weight excluding hydrogens is 224 g/mol. The SMILES string of the molecule is Cc1nc(N2CCCOCC2)sc1C(C)O. The summed E-state index contributed by atoms with van der Waals surface area (Å²) in [4.78, 5) is 7.75. The Balaban J connectivity index is 2.16. The van der Waals surface area contributed by atoms with Crippen molar-refractivity contribution in [3.8, 4) is 0 Å². The number of nitrogens with zero attached hydrogens (tertiary/aromatic N) is 2. The van der Waals surface area contributed by atoms with E-state index in [9.17, 15) is 5.11 Å². The van der Waals surface area contributed by atoms with Crippen LogP contribution in [0.5, 0.6) is 0 Å². The number of thiazole rings is 1. The Hall–Kier alpha value is -0.650. The average molecular weight is 242 g/mol. The minimum absolute atomic E-state index is 0.422. The van der Waals surface area contributed by atoms with E-state index in [1.165, 1.54) is 0 Å². The molecule has 2 heterocycles. The molecule has 1 unspecified atom stereocenters. The quantitative estimate of drug-likeness (QED) is 0.858. The number of anilines is 1. The van der Waals surface area contributed by atoms with Gasteiger partial charge in [0.05, 0.1) is 23.3 Å². The molecule has 1 aromatic heterocycles. The molecule has 0 saturated carbocycles. The summed E-state index contributed by atoms with van der Waals surface area (Å²) in [6.07, 6.45) is 0.623. The van der Waals surface area contributed by atoms with Crippen LogP contribution in [0.15, 0.2) is 0 Å². The zero-order valence-corrected chi connectivity index (χ0v) is 10.6. The van der Waals surface area contributed by atoms with Gasteiger partial charge in [0.2, 0.25) is 0 Å². The molecule has 1 aliphatic heterocycles. The first kappa shape index (κ1) is 11.8. The monoisotopic (exact) mass is 242 g/mol. The van der Waals surface area contributed by atoms with Gasteiger partial charge in [0.25, 0.3) is 0 Å². The summed E-state index contributed by atoms with van der Waals surface area (Å²) >= 11 is 1.59. The smallest absolute Gasteiger partial charge is 0.185 e. The van der Waals surface area contributed by atoms with Gasteiger partial charge in [-0.3, -0.25) is 0 Å². The van der Waals surface area contributed by atoms with Gasteiger partial charge in [-0.25, -0.2) is 4.98 Å². The Morgan fingerprint density at radius 1 is 1.44 bits per heavy atom. The summed E-state index contributed by atoms with van der Waals surface area (Å²) < 4.78 is 5.42. The second-order valence-corrected chi connectivity index (χ2v) is 5.08. The maximum Gasteiger partial charge on any atom is 0.185 e. The number of aliphatic hydroxyl groups excluding tert-OH is 1. The summed E-state index contributed by atoms with van der Waals surface area (Å²) in [5.41, 5.74) is 0.945. The van der Waals surface area contributed by atoms with Gasteiger partial charge in [-0.15, -0.1) is 0 Å². The molecule has 0 spiro atoms. The van der Waals surface area contributed by atoms with Crippen molar-refractivity contribution >= 4 is 16.5 Å². The third-order valence-electron chi connectivity index (χ3n) is 2.69. The van der Waals surface area contributed by atoms with Crippen LogP contribution in [0, 0.1) is 6.92 Å². The molecule has 1 atom stereocenters. The average Bonchev–Trinajstić information content (AvgIpc) is 2.50. The Morgan fingerprint density at radius 3 is 2.94 bits per heavy atom. The molecule has 1 N–H and O–H groups in total. The predicted octanol–water partition coefficient (Wildman–Crippen LogP) is 1.73. The van der Waals surface area contributed by atoms with Gasteiger partial charge in [0.15, 0.2) is 5.13 Å². The van der Waals surface area contributed by atoms with E-state index in [0.717, 1.165) is 48.4 Å². The normalized spacial score (nSPS) is 19.6. The van der Waals surface area contributed by atoms with Crippen molar-refractivity contribution in [1.82, 2.24) is 4.98 Å². The highest BCUT2D eigenvalue weighted by Gasteiger charge is 2.17. The first-order valence-electron chi connectivity index (χ1n) is 5.66. The standard InChI is InChI=1S/C11H18N2O2S/c1-8-10(9(2)14)16-11(12-8)13-4-3-6-15-7-5-13/h9,14H,3-7H2,1-2H3. The molecule has 0 amide bonds. The number of hydrogen-bond acceptors (Lipinski definition) is 5. The Morgan fingerprint density at radius 2 is 2.25 bits per heavy atom. The summed E-state index contributed by atoms with van der Waals surface area (Å²) in [5, 5.41) is 10.6. The van der Waals surface area contributed by atoms with E-state index in [1.54, 1.807) is 18.3 Å². The van der Waals surface area contributed by atoms with Crippen LogP contribution in [0.1, 0.15) is 30.0 Å². The lowest BCUT2D eigenvalue weighted by atomic mass is 10.3. The molecule has 90 valence electrons. The first-order chi connectivity index (χ1) is 7.68. The number of ether oxygens (including phenoxy) is 1. The largest absolute Gasteiger partial charge is 0.388 e. The van der Waals surface area contributed by atoms with E-state index < -0.39 is 6.10 Å². The third kappa shape index (κ3) is 2.53. The molecule has 5 heteroatoms. The zero-order chi connectivity index (χ0) is 11.5. The zero-order valence-electron chi connectivity index (χ0n) is 9.77. The molecule has 16 heavy (non-hydrogen) atoms. The number of rotatable bonds is 2. The molecule has 1 fully saturated rings. The van der Waals surface area contributed by atoms with Crippen molar-refractivity contribution < 1.29 is 9.84 Å². The second kappa shape index (κ2) is 5.12. The molecule has 1 aliphatic rings. The summed E-state index contributed by atoms with van der Waals surface area (Å²) in [5.74, 6) is 0. The van der Waals surface area contributed by atoms with Crippen molar-refractivity contribution in [1.29, 1.82) is 0 Å². The Labute approximate surface area is 99.9 Å². The van der Waals surface area contributed by atoms with E-state index in [1.807, 2.05) is 6.92 Å². The lowest BCUT2D eigenvalue weighted by molar-refractivity contribution is 0.152. The minimum Gasteiger partial charge on any atom is -0.388 e. The number of aliphatic hydroxyl groups is 1. The third-order valence-corrected chi connectivity index (χ3v) is 4.08. The van der Waals surface area contributed by atoms with E-state index in [0.29, 0.717) is 0 Å². The van der Waals surface area contributed by atoms with Crippen LogP contribution in [0.2, 0.25) is 0 Å². The van der Waals surface area contributed by atoms with E-state index in [4.69, 9.17) is 4.74 Å². The van der Waals surface area contributed by atoms with Crippen molar-refractivity contribution in [3.63, 3.8) is 0 Å². The lowest BCUT2D eigenvalue weighted by Gasteiger charge is -2.17. The van der Waals surface area contributed by atoms with Crippen LogP contribution in [0.25, 0.3) is 0 Å². The van der Waals surface area contributed by atoms with Crippen molar-refractivity contribution in [3.05, 3.63) is 10.6 Å². The highest BCUT2D eigenvalue weighted by molar-refractivity contribution is 7.15. The Kier molecular flexibility index (Phi) is 3.78. The van der Waals surface area contributed by atoms with Gasteiger partial charge in [-0.1, -0.05) is 11.3 Å². The number of hydrogen-bond donors (Lipinski definition) is 1. The lowest BCUT2D eigenvalue weighted by Crippen LogP contribution is -2.25. The first-order valence-corrected chi connectivity index (χ1v) is 6.48. The van der Waals surface area contributed by atoms with Gasteiger partial charge in [0.1, 0.15) is 0 Å². The molecular formula is C11H18N2O2S. The molecule has 1 aromatic rings.